The van der Waals surface area contributed by atoms with E-state index in [1.165, 1.54) is 7.11 Å². The van der Waals surface area contributed by atoms with Crippen molar-refractivity contribution in [3.63, 3.8) is 0 Å². The second-order valence-electron chi connectivity index (χ2n) is 3.88. The number of ether oxygens (including phenoxy) is 1. The van der Waals surface area contributed by atoms with E-state index in [0.29, 0.717) is 16.9 Å². The molecule has 1 aromatic heterocycles. The van der Waals surface area contributed by atoms with Crippen LogP contribution in [0.5, 0.6) is 6.01 Å². The first-order valence-electron chi connectivity index (χ1n) is 5.27. The topological polar surface area (TPSA) is 64.3 Å². The van der Waals surface area contributed by atoms with Crippen LogP contribution in [-0.4, -0.2) is 36.2 Å². The van der Waals surface area contributed by atoms with Crippen molar-refractivity contribution in [2.24, 2.45) is 5.73 Å². The van der Waals surface area contributed by atoms with Crippen LogP contribution in [0.15, 0.2) is 6.20 Å². The quantitative estimate of drug-likeness (QED) is 0.840. The van der Waals surface area contributed by atoms with Crippen LogP contribution in [0.25, 0.3) is 0 Å². The van der Waals surface area contributed by atoms with Crippen LogP contribution in [-0.2, 0) is 0 Å². The van der Waals surface area contributed by atoms with Crippen LogP contribution in [0.4, 0.5) is 5.82 Å². The highest BCUT2D eigenvalue weighted by Gasteiger charge is 2.20. The number of anilines is 1. The fourth-order valence-electron chi connectivity index (χ4n) is 1.86. The molecule has 0 spiro atoms. The van der Waals surface area contributed by atoms with E-state index >= 15 is 0 Å². The minimum atomic E-state index is 0.186. The molecule has 88 valence electrons. The molecule has 0 amide bonds. The van der Waals surface area contributed by atoms with Gasteiger partial charge in [-0.15, -0.1) is 0 Å². The first kappa shape index (κ1) is 11.4. The lowest BCUT2D eigenvalue weighted by Crippen LogP contribution is -2.43. The van der Waals surface area contributed by atoms with E-state index < -0.39 is 0 Å². The molecule has 0 unspecified atom stereocenters. The van der Waals surface area contributed by atoms with E-state index in [-0.39, 0.29) is 6.04 Å². The van der Waals surface area contributed by atoms with Crippen molar-refractivity contribution in [1.29, 1.82) is 0 Å². The Bertz CT molecular complexity index is 374. The summed E-state index contributed by atoms with van der Waals surface area (Å²) in [6.45, 7) is 1.70. The van der Waals surface area contributed by atoms with E-state index in [2.05, 4.69) is 14.9 Å². The average Bonchev–Trinajstić information content (AvgIpc) is 2.30. The Labute approximate surface area is 99.6 Å². The monoisotopic (exact) mass is 242 g/mol. The van der Waals surface area contributed by atoms with E-state index in [1.807, 2.05) is 0 Å². The number of hydrogen-bond acceptors (Lipinski definition) is 5. The van der Waals surface area contributed by atoms with E-state index in [0.717, 1.165) is 25.9 Å². The minimum Gasteiger partial charge on any atom is -0.467 e. The van der Waals surface area contributed by atoms with E-state index in [4.69, 9.17) is 22.1 Å². The van der Waals surface area contributed by atoms with Crippen molar-refractivity contribution in [2.75, 3.05) is 25.1 Å². The Morgan fingerprint density at radius 2 is 2.44 bits per heavy atom. The van der Waals surface area contributed by atoms with Crippen LogP contribution in [0.2, 0.25) is 5.02 Å². The number of piperidine rings is 1. The Balaban J connectivity index is 2.24. The third-order valence-corrected chi connectivity index (χ3v) is 2.91. The molecule has 1 aliphatic rings. The van der Waals surface area contributed by atoms with Gasteiger partial charge in [-0.1, -0.05) is 11.6 Å². The van der Waals surface area contributed by atoms with Crippen molar-refractivity contribution in [1.82, 2.24) is 9.97 Å². The zero-order chi connectivity index (χ0) is 11.5. The number of nitrogens with zero attached hydrogens (tertiary/aromatic N) is 3. The molecule has 2 rings (SSSR count). The highest BCUT2D eigenvalue weighted by molar-refractivity contribution is 6.32. The van der Waals surface area contributed by atoms with Gasteiger partial charge in [0.2, 0.25) is 0 Å². The van der Waals surface area contributed by atoms with Gasteiger partial charge in [0.1, 0.15) is 5.02 Å². The molecule has 16 heavy (non-hydrogen) atoms. The van der Waals surface area contributed by atoms with Gasteiger partial charge in [-0.2, -0.15) is 4.98 Å². The minimum absolute atomic E-state index is 0.186. The number of halogens is 1. The number of rotatable bonds is 2. The Hall–Kier alpha value is -1.07. The fourth-order valence-corrected chi connectivity index (χ4v) is 2.08. The summed E-state index contributed by atoms with van der Waals surface area (Å²) in [5, 5.41) is 0.537. The maximum Gasteiger partial charge on any atom is 0.318 e. The molecular weight excluding hydrogens is 228 g/mol. The van der Waals surface area contributed by atoms with Crippen molar-refractivity contribution in [3.8, 4) is 6.01 Å². The Kier molecular flexibility index (Phi) is 3.46. The highest BCUT2D eigenvalue weighted by atomic mass is 35.5. The van der Waals surface area contributed by atoms with Crippen LogP contribution < -0.4 is 15.4 Å². The third kappa shape index (κ3) is 2.36. The zero-order valence-corrected chi connectivity index (χ0v) is 9.94. The van der Waals surface area contributed by atoms with E-state index in [9.17, 15) is 0 Å². The molecule has 0 aliphatic carbocycles. The summed E-state index contributed by atoms with van der Waals surface area (Å²) < 4.78 is 4.99. The lowest BCUT2D eigenvalue weighted by atomic mass is 10.1. The molecule has 0 aromatic carbocycles. The maximum absolute atomic E-state index is 6.07. The zero-order valence-electron chi connectivity index (χ0n) is 9.19. The van der Waals surface area contributed by atoms with Gasteiger partial charge in [0.05, 0.1) is 13.3 Å². The van der Waals surface area contributed by atoms with Gasteiger partial charge >= 0.3 is 6.01 Å². The smallest absolute Gasteiger partial charge is 0.318 e. The first-order chi connectivity index (χ1) is 7.70. The summed E-state index contributed by atoms with van der Waals surface area (Å²) in [5.41, 5.74) is 5.92. The van der Waals surface area contributed by atoms with Gasteiger partial charge in [0.25, 0.3) is 0 Å². The third-order valence-electron chi connectivity index (χ3n) is 2.64. The summed E-state index contributed by atoms with van der Waals surface area (Å²) in [5.74, 6) is 0.712. The van der Waals surface area contributed by atoms with Crippen LogP contribution >= 0.6 is 11.6 Å². The van der Waals surface area contributed by atoms with Gasteiger partial charge < -0.3 is 15.4 Å². The number of methoxy groups -OCH3 is 1. The van der Waals surface area contributed by atoms with Gasteiger partial charge in [-0.25, -0.2) is 4.98 Å². The SMILES string of the molecule is COc1ncc(Cl)c(N2CCC[C@@H](N)C2)n1. The van der Waals surface area contributed by atoms with Gasteiger partial charge in [0.15, 0.2) is 5.82 Å². The molecule has 0 bridgehead atoms. The van der Waals surface area contributed by atoms with E-state index in [1.54, 1.807) is 6.20 Å². The van der Waals surface area contributed by atoms with Crippen molar-refractivity contribution in [3.05, 3.63) is 11.2 Å². The molecule has 0 saturated carbocycles. The Morgan fingerprint density at radius 1 is 1.62 bits per heavy atom. The Morgan fingerprint density at radius 3 is 3.12 bits per heavy atom. The maximum atomic E-state index is 6.07. The highest BCUT2D eigenvalue weighted by Crippen LogP contribution is 2.26. The molecular formula is C10H15ClN4O. The van der Waals surface area contributed by atoms with Crippen LogP contribution in [0.1, 0.15) is 12.8 Å². The first-order valence-corrected chi connectivity index (χ1v) is 5.65. The molecule has 1 fully saturated rings. The molecule has 0 radical (unpaired) electrons. The number of nitrogens with two attached hydrogens (primary N) is 1. The van der Waals surface area contributed by atoms with Crippen LogP contribution in [0.3, 0.4) is 0 Å². The molecule has 5 nitrogen and oxygen atoms in total. The second kappa shape index (κ2) is 4.84. The van der Waals surface area contributed by atoms with Crippen molar-refractivity contribution >= 4 is 17.4 Å². The summed E-state index contributed by atoms with van der Waals surface area (Å²) in [6.07, 6.45) is 3.67. The normalized spacial score (nSPS) is 20.9. The molecule has 1 aliphatic heterocycles. The molecule has 1 atom stereocenters. The standard InChI is InChI=1S/C10H15ClN4O/c1-16-10-13-5-8(11)9(14-10)15-4-2-3-7(12)6-15/h5,7H,2-4,6,12H2,1H3/t7-/m1/s1. The largest absolute Gasteiger partial charge is 0.467 e. The predicted octanol–water partition coefficient (Wildman–Crippen LogP) is 1.07. The number of hydrogen-bond donors (Lipinski definition) is 1. The summed E-state index contributed by atoms with van der Waals surface area (Å²) in [6, 6.07) is 0.518. The molecule has 1 aromatic rings. The predicted molar refractivity (Wildman–Crippen MR) is 63.0 cm³/mol. The molecule has 2 heterocycles. The lowest BCUT2D eigenvalue weighted by molar-refractivity contribution is 0.379. The molecule has 6 heteroatoms. The van der Waals surface area contributed by atoms with Gasteiger partial charge in [-0.05, 0) is 12.8 Å². The lowest BCUT2D eigenvalue weighted by Gasteiger charge is -2.32. The summed E-state index contributed by atoms with van der Waals surface area (Å²) in [4.78, 5) is 10.3. The van der Waals surface area contributed by atoms with Gasteiger partial charge in [-0.3, -0.25) is 0 Å². The summed E-state index contributed by atoms with van der Waals surface area (Å²) >= 11 is 6.07. The van der Waals surface area contributed by atoms with Crippen molar-refractivity contribution < 1.29 is 4.74 Å². The average molecular weight is 243 g/mol. The van der Waals surface area contributed by atoms with Crippen molar-refractivity contribution in [2.45, 2.75) is 18.9 Å². The van der Waals surface area contributed by atoms with Gasteiger partial charge in [0, 0.05) is 19.1 Å². The fraction of sp³-hybridized carbons (Fsp3) is 0.600. The summed E-state index contributed by atoms with van der Waals surface area (Å²) in [7, 11) is 1.54. The molecule has 1 saturated heterocycles. The number of aromatic nitrogens is 2. The molecule has 2 N–H and O–H groups in total. The van der Waals surface area contributed by atoms with Crippen LogP contribution in [0, 0.1) is 0 Å². The second-order valence-corrected chi connectivity index (χ2v) is 4.28.